The predicted molar refractivity (Wildman–Crippen MR) is 58.4 cm³/mol. The highest BCUT2D eigenvalue weighted by Crippen LogP contribution is 2.33. The average molecular weight is 202 g/mol. The van der Waals surface area contributed by atoms with Crippen molar-refractivity contribution in [3.63, 3.8) is 0 Å². The molecule has 1 saturated carbocycles. The number of para-hydroxylation sites is 1. The van der Waals surface area contributed by atoms with Gasteiger partial charge < -0.3 is 10.5 Å². The van der Waals surface area contributed by atoms with Crippen LogP contribution in [-0.4, -0.2) is 6.61 Å². The fraction of sp³-hybridized carbons (Fsp3) is 0.417. The van der Waals surface area contributed by atoms with Crippen molar-refractivity contribution in [1.82, 2.24) is 0 Å². The molecule has 0 heterocycles. The molecule has 3 heteroatoms. The van der Waals surface area contributed by atoms with Crippen molar-refractivity contribution in [1.29, 1.82) is 5.26 Å². The van der Waals surface area contributed by atoms with Crippen LogP contribution in [0.15, 0.2) is 18.2 Å². The summed E-state index contributed by atoms with van der Waals surface area (Å²) in [5.74, 6) is 1.49. The molecule has 2 rings (SSSR count). The van der Waals surface area contributed by atoms with Gasteiger partial charge in [-0.15, -0.1) is 0 Å². The molecule has 1 aromatic rings. The number of ether oxygens (including phenoxy) is 1. The van der Waals surface area contributed by atoms with Gasteiger partial charge in [-0.3, -0.25) is 0 Å². The van der Waals surface area contributed by atoms with Crippen molar-refractivity contribution in [2.45, 2.75) is 19.3 Å². The standard InChI is InChI=1S/C12H14N2O/c13-8-10-2-1-3-11(12(10)14)15-7-6-9-4-5-9/h1-3,9H,4-7,14H2. The van der Waals surface area contributed by atoms with Gasteiger partial charge in [0.1, 0.15) is 11.8 Å². The van der Waals surface area contributed by atoms with E-state index >= 15 is 0 Å². The quantitative estimate of drug-likeness (QED) is 0.762. The lowest BCUT2D eigenvalue weighted by molar-refractivity contribution is 0.304. The van der Waals surface area contributed by atoms with E-state index in [9.17, 15) is 0 Å². The van der Waals surface area contributed by atoms with Gasteiger partial charge in [0.25, 0.3) is 0 Å². The molecule has 2 N–H and O–H groups in total. The fourth-order valence-corrected chi connectivity index (χ4v) is 1.51. The lowest BCUT2D eigenvalue weighted by atomic mass is 10.2. The van der Waals surface area contributed by atoms with Crippen molar-refractivity contribution in [3.05, 3.63) is 23.8 Å². The van der Waals surface area contributed by atoms with Crippen molar-refractivity contribution in [3.8, 4) is 11.8 Å². The monoisotopic (exact) mass is 202 g/mol. The Morgan fingerprint density at radius 1 is 1.47 bits per heavy atom. The van der Waals surface area contributed by atoms with Crippen LogP contribution < -0.4 is 10.5 Å². The van der Waals surface area contributed by atoms with Gasteiger partial charge in [-0.2, -0.15) is 5.26 Å². The molecule has 15 heavy (non-hydrogen) atoms. The van der Waals surface area contributed by atoms with E-state index in [-0.39, 0.29) is 0 Å². The first-order valence-corrected chi connectivity index (χ1v) is 5.22. The maximum atomic E-state index is 8.78. The average Bonchev–Trinajstić information content (AvgIpc) is 3.04. The molecule has 0 unspecified atom stereocenters. The van der Waals surface area contributed by atoms with E-state index in [4.69, 9.17) is 15.7 Å². The van der Waals surface area contributed by atoms with Crippen LogP contribution in [0.5, 0.6) is 5.75 Å². The third-order valence-electron chi connectivity index (χ3n) is 2.67. The van der Waals surface area contributed by atoms with Gasteiger partial charge in [-0.1, -0.05) is 18.9 Å². The van der Waals surface area contributed by atoms with E-state index in [1.165, 1.54) is 12.8 Å². The van der Waals surface area contributed by atoms with Gasteiger partial charge in [0.05, 0.1) is 17.9 Å². The molecule has 1 aliphatic rings. The second-order valence-electron chi connectivity index (χ2n) is 3.91. The Hall–Kier alpha value is -1.69. The summed E-state index contributed by atoms with van der Waals surface area (Å²) >= 11 is 0. The van der Waals surface area contributed by atoms with E-state index in [0.717, 1.165) is 12.3 Å². The Morgan fingerprint density at radius 2 is 2.27 bits per heavy atom. The zero-order valence-corrected chi connectivity index (χ0v) is 8.57. The Labute approximate surface area is 89.5 Å². The molecule has 0 amide bonds. The molecule has 78 valence electrons. The summed E-state index contributed by atoms with van der Waals surface area (Å²) in [7, 11) is 0. The highest BCUT2D eigenvalue weighted by molar-refractivity contribution is 5.62. The molecule has 3 nitrogen and oxygen atoms in total. The van der Waals surface area contributed by atoms with Crippen molar-refractivity contribution in [2.75, 3.05) is 12.3 Å². The summed E-state index contributed by atoms with van der Waals surface area (Å²) in [6.07, 6.45) is 3.75. The minimum absolute atomic E-state index is 0.454. The van der Waals surface area contributed by atoms with Gasteiger partial charge in [-0.25, -0.2) is 0 Å². The van der Waals surface area contributed by atoms with Gasteiger partial charge >= 0.3 is 0 Å². The number of rotatable bonds is 4. The number of hydrogen-bond donors (Lipinski definition) is 1. The molecule has 0 radical (unpaired) electrons. The van der Waals surface area contributed by atoms with Crippen LogP contribution in [0.25, 0.3) is 0 Å². The van der Waals surface area contributed by atoms with Crippen LogP contribution in [0.4, 0.5) is 5.69 Å². The summed E-state index contributed by atoms with van der Waals surface area (Å²) in [6, 6.07) is 7.34. The third kappa shape index (κ3) is 2.41. The molecular formula is C12H14N2O. The number of nitriles is 1. The predicted octanol–water partition coefficient (Wildman–Crippen LogP) is 2.32. The molecule has 1 aromatic carbocycles. The molecule has 0 atom stereocenters. The number of benzene rings is 1. The summed E-state index contributed by atoms with van der Waals surface area (Å²) in [4.78, 5) is 0. The summed E-state index contributed by atoms with van der Waals surface area (Å²) < 4.78 is 5.55. The Morgan fingerprint density at radius 3 is 2.93 bits per heavy atom. The zero-order chi connectivity index (χ0) is 10.7. The summed E-state index contributed by atoms with van der Waals surface area (Å²) in [5.41, 5.74) is 6.72. The number of anilines is 1. The Balaban J connectivity index is 1.97. The van der Waals surface area contributed by atoms with Crippen molar-refractivity contribution >= 4 is 5.69 Å². The maximum Gasteiger partial charge on any atom is 0.143 e. The SMILES string of the molecule is N#Cc1cccc(OCCC2CC2)c1N. The molecule has 1 aliphatic carbocycles. The zero-order valence-electron chi connectivity index (χ0n) is 8.57. The smallest absolute Gasteiger partial charge is 0.143 e. The number of nitrogens with zero attached hydrogens (tertiary/aromatic N) is 1. The normalized spacial score (nSPS) is 14.6. The molecule has 0 bridgehead atoms. The molecule has 0 aromatic heterocycles. The van der Waals surface area contributed by atoms with Crippen molar-refractivity contribution in [2.24, 2.45) is 5.92 Å². The van der Waals surface area contributed by atoms with E-state index < -0.39 is 0 Å². The second-order valence-corrected chi connectivity index (χ2v) is 3.91. The minimum atomic E-state index is 0.454. The van der Waals surface area contributed by atoms with Gasteiger partial charge in [-0.05, 0) is 24.5 Å². The van der Waals surface area contributed by atoms with Crippen LogP contribution in [0.1, 0.15) is 24.8 Å². The molecule has 1 fully saturated rings. The summed E-state index contributed by atoms with van der Waals surface area (Å²) in [6.45, 7) is 0.698. The largest absolute Gasteiger partial charge is 0.491 e. The van der Waals surface area contributed by atoms with Crippen LogP contribution in [0, 0.1) is 17.2 Å². The molecular weight excluding hydrogens is 188 g/mol. The second kappa shape index (κ2) is 4.22. The number of nitrogens with two attached hydrogens (primary N) is 1. The molecule has 0 aliphatic heterocycles. The van der Waals surface area contributed by atoms with Crippen LogP contribution >= 0.6 is 0 Å². The molecule has 0 spiro atoms. The Bertz CT molecular complexity index is 391. The van der Waals surface area contributed by atoms with E-state index in [2.05, 4.69) is 0 Å². The van der Waals surface area contributed by atoms with E-state index in [1.807, 2.05) is 12.1 Å². The topological polar surface area (TPSA) is 59.0 Å². The summed E-state index contributed by atoms with van der Waals surface area (Å²) in [5, 5.41) is 8.78. The number of nitrogen functional groups attached to an aromatic ring is 1. The maximum absolute atomic E-state index is 8.78. The van der Waals surface area contributed by atoms with Crippen LogP contribution in [0.2, 0.25) is 0 Å². The highest BCUT2D eigenvalue weighted by atomic mass is 16.5. The first kappa shape index (κ1) is 9.85. The Kier molecular flexibility index (Phi) is 2.77. The van der Waals surface area contributed by atoms with Crippen LogP contribution in [-0.2, 0) is 0 Å². The first-order valence-electron chi connectivity index (χ1n) is 5.22. The number of hydrogen-bond acceptors (Lipinski definition) is 3. The third-order valence-corrected chi connectivity index (χ3v) is 2.67. The van der Waals surface area contributed by atoms with Crippen LogP contribution in [0.3, 0.4) is 0 Å². The van der Waals surface area contributed by atoms with Crippen molar-refractivity contribution < 1.29 is 4.74 Å². The van der Waals surface area contributed by atoms with E-state index in [1.54, 1.807) is 12.1 Å². The van der Waals surface area contributed by atoms with Gasteiger partial charge in [0.2, 0.25) is 0 Å². The first-order chi connectivity index (χ1) is 7.31. The lowest BCUT2D eigenvalue weighted by Crippen LogP contribution is -2.02. The highest BCUT2D eigenvalue weighted by Gasteiger charge is 2.20. The van der Waals surface area contributed by atoms with Gasteiger partial charge in [0, 0.05) is 0 Å². The minimum Gasteiger partial charge on any atom is -0.491 e. The molecule has 0 saturated heterocycles. The fourth-order valence-electron chi connectivity index (χ4n) is 1.51. The van der Waals surface area contributed by atoms with Gasteiger partial charge in [0.15, 0.2) is 0 Å². The van der Waals surface area contributed by atoms with E-state index in [0.29, 0.717) is 23.6 Å². The lowest BCUT2D eigenvalue weighted by Gasteiger charge is -2.08.